The van der Waals surface area contributed by atoms with E-state index in [4.69, 9.17) is 0 Å². The second-order valence-corrected chi connectivity index (χ2v) is 7.49. The summed E-state index contributed by atoms with van der Waals surface area (Å²) in [6, 6.07) is 20.8. The standard InChI is InChI=1S/C12H10.C6H14N2O2Si/c1-3-7-11(8-4-1)12-9-5-2-6-10-12;1-5(9)7(3)11-8(4)6(2)10/h1-10H;11H2,1-4H3. The molecule has 0 unspecified atom stereocenters. The van der Waals surface area contributed by atoms with E-state index in [9.17, 15) is 9.59 Å². The van der Waals surface area contributed by atoms with Crippen molar-refractivity contribution in [1.29, 1.82) is 0 Å². The highest BCUT2D eigenvalue weighted by atomic mass is 28.2. The summed E-state index contributed by atoms with van der Waals surface area (Å²) in [5.74, 6) is 0.0366. The molecule has 0 aliphatic heterocycles. The molecule has 2 amide bonds. The fourth-order valence-corrected chi connectivity index (χ4v) is 2.81. The van der Waals surface area contributed by atoms with Crippen molar-refractivity contribution in [2.45, 2.75) is 13.8 Å². The van der Waals surface area contributed by atoms with Gasteiger partial charge in [0, 0.05) is 27.9 Å². The number of nitrogens with zero attached hydrogens (tertiary/aromatic N) is 2. The third-order valence-corrected chi connectivity index (χ3v) is 5.12. The summed E-state index contributed by atoms with van der Waals surface area (Å²) in [5, 5.41) is 0. The molecular weight excluding hydrogens is 304 g/mol. The van der Waals surface area contributed by atoms with E-state index in [-0.39, 0.29) is 11.8 Å². The van der Waals surface area contributed by atoms with Crippen molar-refractivity contribution in [2.24, 2.45) is 0 Å². The lowest BCUT2D eigenvalue weighted by Crippen LogP contribution is -2.41. The predicted molar refractivity (Wildman–Crippen MR) is 97.3 cm³/mol. The Morgan fingerprint density at radius 1 is 0.696 bits per heavy atom. The minimum atomic E-state index is -0.867. The van der Waals surface area contributed by atoms with Gasteiger partial charge < -0.3 is 9.13 Å². The highest BCUT2D eigenvalue weighted by molar-refractivity contribution is 6.37. The largest absolute Gasteiger partial charge is 0.359 e. The minimum absolute atomic E-state index is 0.0183. The van der Waals surface area contributed by atoms with Crippen molar-refractivity contribution in [3.63, 3.8) is 0 Å². The Hall–Kier alpha value is -2.40. The van der Waals surface area contributed by atoms with Gasteiger partial charge in [0.1, 0.15) is 0 Å². The van der Waals surface area contributed by atoms with Gasteiger partial charge in [0.2, 0.25) is 21.7 Å². The second kappa shape index (κ2) is 9.58. The zero-order valence-electron chi connectivity index (χ0n) is 14.2. The van der Waals surface area contributed by atoms with Crippen LogP contribution in [0.4, 0.5) is 0 Å². The SMILES string of the molecule is CC(=O)N(C)[SiH2]N(C)C(C)=O.c1ccc(-c2ccccc2)cc1. The van der Waals surface area contributed by atoms with Gasteiger partial charge in [0.15, 0.2) is 0 Å². The van der Waals surface area contributed by atoms with Gasteiger partial charge in [0.05, 0.1) is 0 Å². The molecule has 0 bridgehead atoms. The summed E-state index contributed by atoms with van der Waals surface area (Å²) in [5.41, 5.74) is 2.55. The van der Waals surface area contributed by atoms with Crippen LogP contribution >= 0.6 is 0 Å². The smallest absolute Gasteiger partial charge is 0.235 e. The molecule has 0 N–H and O–H groups in total. The van der Waals surface area contributed by atoms with Crippen molar-refractivity contribution in [3.8, 4) is 11.1 Å². The van der Waals surface area contributed by atoms with Gasteiger partial charge in [-0.25, -0.2) is 0 Å². The maximum atomic E-state index is 10.7. The van der Waals surface area contributed by atoms with Crippen molar-refractivity contribution in [3.05, 3.63) is 60.7 Å². The van der Waals surface area contributed by atoms with Crippen molar-refractivity contribution in [1.82, 2.24) is 9.13 Å². The predicted octanol–water partition coefficient (Wildman–Crippen LogP) is 2.30. The summed E-state index contributed by atoms with van der Waals surface area (Å²) in [7, 11) is 2.57. The molecule has 2 rings (SSSR count). The molecule has 5 heteroatoms. The van der Waals surface area contributed by atoms with Crippen LogP contribution in [0.1, 0.15) is 13.8 Å². The molecule has 0 fully saturated rings. The third-order valence-electron chi connectivity index (χ3n) is 3.38. The summed E-state index contributed by atoms with van der Waals surface area (Å²) in [6.45, 7) is 3.00. The zero-order chi connectivity index (χ0) is 17.2. The van der Waals surface area contributed by atoms with Gasteiger partial charge in [-0.15, -0.1) is 0 Å². The number of carbonyl (C=O) groups is 2. The molecule has 0 saturated heterocycles. The Morgan fingerprint density at radius 2 is 1.00 bits per heavy atom. The lowest BCUT2D eigenvalue weighted by atomic mass is 10.1. The van der Waals surface area contributed by atoms with Crippen LogP contribution in [0.5, 0.6) is 0 Å². The fourth-order valence-electron chi connectivity index (χ4n) is 1.78. The summed E-state index contributed by atoms with van der Waals surface area (Å²) in [4.78, 5) is 21.4. The number of hydrogen-bond acceptors (Lipinski definition) is 2. The van der Waals surface area contributed by atoms with Gasteiger partial charge in [-0.05, 0) is 11.1 Å². The summed E-state index contributed by atoms with van der Waals surface area (Å²) < 4.78 is 3.22. The van der Waals surface area contributed by atoms with Crippen LogP contribution < -0.4 is 0 Å². The fraction of sp³-hybridized carbons (Fsp3) is 0.222. The molecule has 2 aromatic carbocycles. The first kappa shape index (κ1) is 18.6. The molecule has 0 aromatic heterocycles. The highest BCUT2D eigenvalue weighted by Gasteiger charge is 2.08. The Labute approximate surface area is 140 Å². The van der Waals surface area contributed by atoms with E-state index in [0.717, 1.165) is 0 Å². The normalized spacial score (nSPS) is 9.39. The Bertz CT molecular complexity index is 562. The van der Waals surface area contributed by atoms with E-state index in [1.807, 2.05) is 12.1 Å². The number of amides is 2. The van der Waals surface area contributed by atoms with E-state index in [1.54, 1.807) is 23.2 Å². The van der Waals surface area contributed by atoms with Gasteiger partial charge in [-0.3, -0.25) is 9.59 Å². The molecule has 0 atom stereocenters. The van der Waals surface area contributed by atoms with E-state index >= 15 is 0 Å². The first-order valence-electron chi connectivity index (χ1n) is 7.45. The van der Waals surface area contributed by atoms with Crippen LogP contribution in [0.25, 0.3) is 11.1 Å². The average Bonchev–Trinajstić information content (AvgIpc) is 2.56. The molecule has 4 nitrogen and oxygen atoms in total. The molecule has 0 spiro atoms. The summed E-state index contributed by atoms with van der Waals surface area (Å²) in [6.07, 6.45) is 0. The van der Waals surface area contributed by atoms with Crippen LogP contribution in [0.2, 0.25) is 0 Å². The Balaban J connectivity index is 0.000000232. The van der Waals surface area contributed by atoms with Crippen LogP contribution in [0.3, 0.4) is 0 Å². The topological polar surface area (TPSA) is 40.6 Å². The monoisotopic (exact) mass is 328 g/mol. The van der Waals surface area contributed by atoms with Crippen LogP contribution in [0.15, 0.2) is 60.7 Å². The number of carbonyl (C=O) groups excluding carboxylic acids is 2. The molecule has 2 aromatic rings. The molecule has 0 heterocycles. The van der Waals surface area contributed by atoms with Gasteiger partial charge in [-0.2, -0.15) is 0 Å². The minimum Gasteiger partial charge on any atom is -0.359 e. The Kier molecular flexibility index (Phi) is 7.77. The third kappa shape index (κ3) is 6.93. The molecule has 0 aliphatic rings. The van der Waals surface area contributed by atoms with Crippen LogP contribution in [-0.2, 0) is 9.59 Å². The van der Waals surface area contributed by atoms with Crippen molar-refractivity contribution < 1.29 is 9.59 Å². The van der Waals surface area contributed by atoms with Crippen molar-refractivity contribution in [2.75, 3.05) is 14.1 Å². The first-order chi connectivity index (χ1) is 10.9. The van der Waals surface area contributed by atoms with Gasteiger partial charge >= 0.3 is 0 Å². The van der Waals surface area contributed by atoms with Crippen LogP contribution in [0, 0.1) is 0 Å². The van der Waals surface area contributed by atoms with E-state index in [1.165, 1.54) is 25.0 Å². The molecule has 0 aliphatic carbocycles. The average molecular weight is 328 g/mol. The van der Waals surface area contributed by atoms with Gasteiger partial charge in [0.25, 0.3) is 0 Å². The number of rotatable bonds is 3. The maximum absolute atomic E-state index is 10.7. The van der Waals surface area contributed by atoms with Crippen molar-refractivity contribution >= 4 is 21.7 Å². The quantitative estimate of drug-likeness (QED) is 0.811. The first-order valence-corrected chi connectivity index (χ1v) is 8.72. The zero-order valence-corrected chi connectivity index (χ0v) is 15.6. The molecule has 0 radical (unpaired) electrons. The van der Waals surface area contributed by atoms with E-state index in [0.29, 0.717) is 0 Å². The summed E-state index contributed by atoms with van der Waals surface area (Å²) >= 11 is 0. The maximum Gasteiger partial charge on any atom is 0.235 e. The molecule has 122 valence electrons. The Morgan fingerprint density at radius 3 is 1.26 bits per heavy atom. The molecule has 23 heavy (non-hydrogen) atoms. The van der Waals surface area contributed by atoms with E-state index in [2.05, 4.69) is 48.5 Å². The highest BCUT2D eigenvalue weighted by Crippen LogP contribution is 2.17. The number of benzene rings is 2. The van der Waals surface area contributed by atoms with Gasteiger partial charge in [-0.1, -0.05) is 60.7 Å². The number of hydrogen-bond donors (Lipinski definition) is 0. The van der Waals surface area contributed by atoms with Crippen LogP contribution in [-0.4, -0.2) is 44.9 Å². The second-order valence-electron chi connectivity index (χ2n) is 5.31. The lowest BCUT2D eigenvalue weighted by Gasteiger charge is -2.21. The molecular formula is C18H24N2O2Si. The van der Waals surface area contributed by atoms with E-state index < -0.39 is 9.84 Å². The lowest BCUT2D eigenvalue weighted by molar-refractivity contribution is -0.125. The molecule has 0 saturated carbocycles.